The fourth-order valence-electron chi connectivity index (χ4n) is 2.72. The lowest BCUT2D eigenvalue weighted by atomic mass is 9.71. The lowest BCUT2D eigenvalue weighted by molar-refractivity contribution is -0.137. The second-order valence-corrected chi connectivity index (χ2v) is 8.29. The number of oxime groups is 1. The molecule has 0 saturated heterocycles. The molecule has 13 heteroatoms. The molecular formula is C17H15BF3N3O5S. The molecule has 30 heavy (non-hydrogen) atoms. The second kappa shape index (κ2) is 7.99. The van der Waals surface area contributed by atoms with Crippen LogP contribution < -0.4 is 10.2 Å². The van der Waals surface area contributed by atoms with E-state index in [9.17, 15) is 26.6 Å². The fourth-order valence-corrected chi connectivity index (χ4v) is 3.60. The van der Waals surface area contributed by atoms with Crippen molar-refractivity contribution in [1.29, 1.82) is 0 Å². The van der Waals surface area contributed by atoms with E-state index < -0.39 is 28.8 Å². The zero-order valence-corrected chi connectivity index (χ0v) is 16.2. The fraction of sp³-hybridized carbons (Fsp3) is 0.176. The molecule has 8 nitrogen and oxygen atoms in total. The average molecular weight is 441 g/mol. The number of alkyl halides is 3. The Labute approximate surface area is 170 Å². The Bertz CT molecular complexity index is 1120. The van der Waals surface area contributed by atoms with Gasteiger partial charge in [0.15, 0.2) is 0 Å². The third-order valence-corrected chi connectivity index (χ3v) is 5.86. The predicted octanol–water partition coefficient (Wildman–Crippen LogP) is 1.99. The van der Waals surface area contributed by atoms with Crippen LogP contribution in [0.3, 0.4) is 0 Å². The number of halogens is 3. The summed E-state index contributed by atoms with van der Waals surface area (Å²) in [6.45, 7) is 1.40. The number of rotatable bonds is 5. The molecule has 2 N–H and O–H groups in total. The maximum atomic E-state index is 12.9. The van der Waals surface area contributed by atoms with Gasteiger partial charge >= 0.3 is 13.2 Å². The van der Waals surface area contributed by atoms with Gasteiger partial charge in [0.05, 0.1) is 23.7 Å². The summed E-state index contributed by atoms with van der Waals surface area (Å²) in [5, 5.41) is 25.7. The van der Waals surface area contributed by atoms with E-state index in [4.69, 9.17) is 9.94 Å². The molecule has 158 valence electrons. The van der Waals surface area contributed by atoms with Gasteiger partial charge in [-0.3, -0.25) is 0 Å². The second-order valence-electron chi connectivity index (χ2n) is 6.18. The van der Waals surface area contributed by atoms with Gasteiger partial charge < -0.3 is 15.0 Å². The molecule has 0 fully saturated rings. The van der Waals surface area contributed by atoms with E-state index >= 15 is 0 Å². The van der Waals surface area contributed by atoms with Crippen LogP contribution in [0.1, 0.15) is 23.6 Å². The molecule has 2 aromatic carbocycles. The Kier molecular flexibility index (Phi) is 5.77. The van der Waals surface area contributed by atoms with Crippen LogP contribution in [0.5, 0.6) is 11.5 Å². The van der Waals surface area contributed by atoms with Gasteiger partial charge in [0.2, 0.25) is 10.0 Å². The molecule has 1 heterocycles. The highest BCUT2D eigenvalue weighted by atomic mass is 32.2. The van der Waals surface area contributed by atoms with E-state index in [1.165, 1.54) is 31.3 Å². The molecule has 0 radical (unpaired) electrons. The third-order valence-electron chi connectivity index (χ3n) is 4.27. The maximum Gasteiger partial charge on any atom is 0.484 e. The number of hydrazone groups is 1. The smallest absolute Gasteiger partial charge is 0.457 e. The van der Waals surface area contributed by atoms with E-state index in [0.29, 0.717) is 9.89 Å². The molecule has 0 saturated carbocycles. The minimum atomic E-state index is -4.60. The molecule has 2 aromatic rings. The number of sulfonamides is 1. The average Bonchev–Trinajstić information content (AvgIpc) is 2.69. The quantitative estimate of drug-likeness (QED) is 0.319. The highest BCUT2D eigenvalue weighted by molar-refractivity contribution is 7.90. The number of nitrogens with zero attached hydrogens (tertiary/aromatic N) is 3. The van der Waals surface area contributed by atoms with Crippen LogP contribution in [-0.4, -0.2) is 48.2 Å². The van der Waals surface area contributed by atoms with Gasteiger partial charge in [0.25, 0.3) is 0 Å². The Balaban J connectivity index is 1.96. The Morgan fingerprint density at radius 3 is 2.63 bits per heavy atom. The number of fused-ring (bicyclic) bond motifs is 1. The first-order valence-corrected chi connectivity index (χ1v) is 10.1. The minimum absolute atomic E-state index is 0.0437. The van der Waals surface area contributed by atoms with Crippen LogP contribution in [0, 0.1) is 0 Å². The van der Waals surface area contributed by atoms with Gasteiger partial charge in [0, 0.05) is 5.56 Å². The van der Waals surface area contributed by atoms with Gasteiger partial charge in [-0.2, -0.15) is 18.3 Å². The molecular weight excluding hydrogens is 426 g/mol. The molecule has 1 aliphatic rings. The van der Waals surface area contributed by atoms with Crippen molar-refractivity contribution >= 4 is 35.0 Å². The number of benzene rings is 2. The van der Waals surface area contributed by atoms with E-state index in [2.05, 4.69) is 10.3 Å². The highest BCUT2D eigenvalue weighted by Crippen LogP contribution is 2.33. The summed E-state index contributed by atoms with van der Waals surface area (Å²) in [5.74, 6) is -0.204. The van der Waals surface area contributed by atoms with E-state index in [1.54, 1.807) is 0 Å². The summed E-state index contributed by atoms with van der Waals surface area (Å²) in [4.78, 5) is 0. The summed E-state index contributed by atoms with van der Waals surface area (Å²) in [6, 6.07) is 6.95. The molecule has 0 aliphatic carbocycles. The SMILES string of the molecule is CCS(=O)(=O)N1N=Cc2ccc(Oc3ccc(C(F)(F)F)cc3/C=N/O)cc2B1O. The summed E-state index contributed by atoms with van der Waals surface area (Å²) >= 11 is 0. The van der Waals surface area contributed by atoms with Crippen molar-refractivity contribution in [2.24, 2.45) is 10.3 Å². The maximum absolute atomic E-state index is 12.9. The van der Waals surface area contributed by atoms with Crippen LogP contribution >= 0.6 is 0 Å². The third kappa shape index (κ3) is 4.26. The van der Waals surface area contributed by atoms with Crippen LogP contribution in [0.15, 0.2) is 46.7 Å². The van der Waals surface area contributed by atoms with Crippen molar-refractivity contribution in [2.45, 2.75) is 13.1 Å². The van der Waals surface area contributed by atoms with Crippen molar-refractivity contribution in [2.75, 3.05) is 5.75 Å². The Morgan fingerprint density at radius 1 is 1.27 bits per heavy atom. The molecule has 0 amide bonds. The zero-order valence-electron chi connectivity index (χ0n) is 15.4. The first-order chi connectivity index (χ1) is 14.1. The minimum Gasteiger partial charge on any atom is -0.457 e. The molecule has 3 rings (SSSR count). The van der Waals surface area contributed by atoms with Crippen LogP contribution in [0.4, 0.5) is 13.2 Å². The van der Waals surface area contributed by atoms with Crippen LogP contribution in [0.2, 0.25) is 0 Å². The lowest BCUT2D eigenvalue weighted by Crippen LogP contribution is -2.52. The molecule has 0 atom stereocenters. The Hall–Kier alpha value is -3.06. The van der Waals surface area contributed by atoms with Gasteiger partial charge in [0.1, 0.15) is 11.5 Å². The molecule has 0 bridgehead atoms. The normalized spacial score (nSPS) is 14.3. The van der Waals surface area contributed by atoms with E-state index in [-0.39, 0.29) is 28.3 Å². The Morgan fingerprint density at radius 2 is 2.00 bits per heavy atom. The van der Waals surface area contributed by atoms with E-state index in [0.717, 1.165) is 24.4 Å². The van der Waals surface area contributed by atoms with Crippen molar-refractivity contribution in [3.63, 3.8) is 0 Å². The van der Waals surface area contributed by atoms with Gasteiger partial charge in [-0.1, -0.05) is 11.2 Å². The predicted molar refractivity (Wildman–Crippen MR) is 104 cm³/mol. The van der Waals surface area contributed by atoms with Gasteiger partial charge in [-0.15, -0.1) is 0 Å². The van der Waals surface area contributed by atoms with Crippen molar-refractivity contribution in [3.05, 3.63) is 53.1 Å². The van der Waals surface area contributed by atoms with Crippen molar-refractivity contribution in [1.82, 2.24) is 4.33 Å². The first-order valence-electron chi connectivity index (χ1n) is 8.51. The van der Waals surface area contributed by atoms with E-state index in [1.807, 2.05) is 0 Å². The van der Waals surface area contributed by atoms with Crippen LogP contribution in [0.25, 0.3) is 0 Å². The van der Waals surface area contributed by atoms with Crippen molar-refractivity contribution in [3.8, 4) is 11.5 Å². The summed E-state index contributed by atoms with van der Waals surface area (Å²) < 4.78 is 69.1. The monoisotopic (exact) mass is 441 g/mol. The van der Waals surface area contributed by atoms with Crippen molar-refractivity contribution < 1.29 is 36.6 Å². The molecule has 1 aliphatic heterocycles. The largest absolute Gasteiger partial charge is 0.484 e. The summed E-state index contributed by atoms with van der Waals surface area (Å²) in [7, 11) is -5.42. The number of hydrogen-bond donors (Lipinski definition) is 2. The highest BCUT2D eigenvalue weighted by Gasteiger charge is 2.36. The summed E-state index contributed by atoms with van der Waals surface area (Å²) in [5.41, 5.74) is -0.463. The molecule has 0 unspecified atom stereocenters. The molecule has 0 spiro atoms. The first kappa shape index (κ1) is 21.6. The lowest BCUT2D eigenvalue weighted by Gasteiger charge is -2.25. The van der Waals surface area contributed by atoms with Gasteiger partial charge in [-0.05, 0) is 48.3 Å². The number of hydrogen-bond acceptors (Lipinski definition) is 7. The standard InChI is InChI=1S/C17H15BF3N3O5S/c1-2-30(27,28)24-18(25)15-8-14(5-3-11(15)9-22-24)29-16-6-4-13(17(19,20)21)7-12(16)10-23-26/h3-10,25-26H,2H2,1H3/b23-10+. The van der Waals surface area contributed by atoms with Gasteiger partial charge in [-0.25, -0.2) is 12.7 Å². The zero-order chi connectivity index (χ0) is 22.1. The number of ether oxygens (including phenoxy) is 1. The van der Waals surface area contributed by atoms with Crippen LogP contribution in [-0.2, 0) is 16.2 Å². The molecule has 0 aromatic heterocycles. The topological polar surface area (TPSA) is 112 Å². The summed E-state index contributed by atoms with van der Waals surface area (Å²) in [6.07, 6.45) is -2.54.